The van der Waals surface area contributed by atoms with E-state index in [0.29, 0.717) is 12.2 Å². The first-order valence-electron chi connectivity index (χ1n) is 9.08. The Morgan fingerprint density at radius 1 is 0.885 bits per heavy atom. The lowest BCUT2D eigenvalue weighted by Crippen LogP contribution is -2.30. The van der Waals surface area contributed by atoms with Crippen LogP contribution in [0, 0.1) is 0 Å². The third-order valence-corrected chi connectivity index (χ3v) is 4.74. The van der Waals surface area contributed by atoms with Gasteiger partial charge in [0.15, 0.2) is 0 Å². The van der Waals surface area contributed by atoms with Crippen molar-refractivity contribution in [2.75, 3.05) is 6.61 Å². The van der Waals surface area contributed by atoms with Crippen LogP contribution in [0.15, 0.2) is 48.5 Å². The molecule has 0 bridgehead atoms. The van der Waals surface area contributed by atoms with Gasteiger partial charge in [-0.1, -0.05) is 45.0 Å². The van der Waals surface area contributed by atoms with Crippen LogP contribution in [0.4, 0.5) is 0 Å². The zero-order chi connectivity index (χ0) is 19.4. The van der Waals surface area contributed by atoms with Gasteiger partial charge in [0.2, 0.25) is 5.79 Å². The van der Waals surface area contributed by atoms with Crippen LogP contribution < -0.4 is 9.47 Å². The molecule has 2 rings (SSSR count). The van der Waals surface area contributed by atoms with Gasteiger partial charge in [-0.15, -0.1) is 0 Å². The van der Waals surface area contributed by atoms with Crippen LogP contribution in [0.25, 0.3) is 0 Å². The van der Waals surface area contributed by atoms with Crippen LogP contribution >= 0.6 is 0 Å². The summed E-state index contributed by atoms with van der Waals surface area (Å²) >= 11 is 0. The van der Waals surface area contributed by atoms with E-state index in [1.807, 2.05) is 62.4 Å². The molecule has 0 fully saturated rings. The van der Waals surface area contributed by atoms with E-state index in [4.69, 9.17) is 14.6 Å². The maximum Gasteiger partial charge on any atom is 0.204 e. The maximum absolute atomic E-state index is 10.0. The first-order valence-corrected chi connectivity index (χ1v) is 9.08. The van der Waals surface area contributed by atoms with E-state index in [1.165, 1.54) is 0 Å². The first kappa shape index (κ1) is 20.3. The Morgan fingerprint density at radius 2 is 1.35 bits per heavy atom. The highest BCUT2D eigenvalue weighted by atomic mass is 16.6. The largest absolute Gasteiger partial charge is 0.488 e. The SMILES string of the molecule is CCC(C)(O)Oc1ccc(C(C)(C)c2ccc(OC(C)CO)cc2)cc1. The molecular formula is C22H30O4. The average molecular weight is 358 g/mol. The van der Waals surface area contributed by atoms with Gasteiger partial charge in [0.05, 0.1) is 6.61 Å². The molecule has 26 heavy (non-hydrogen) atoms. The summed E-state index contributed by atoms with van der Waals surface area (Å²) in [6.45, 7) is 9.69. The summed E-state index contributed by atoms with van der Waals surface area (Å²) in [5.41, 5.74) is 2.13. The molecule has 0 amide bonds. The Morgan fingerprint density at radius 3 is 1.77 bits per heavy atom. The van der Waals surface area contributed by atoms with Crippen molar-refractivity contribution >= 4 is 0 Å². The minimum absolute atomic E-state index is 0.00736. The van der Waals surface area contributed by atoms with E-state index in [1.54, 1.807) is 6.92 Å². The van der Waals surface area contributed by atoms with E-state index in [9.17, 15) is 5.11 Å². The third-order valence-electron chi connectivity index (χ3n) is 4.74. The number of hydrogen-bond donors (Lipinski definition) is 2. The average Bonchev–Trinajstić information content (AvgIpc) is 2.62. The molecule has 4 heteroatoms. The number of rotatable bonds is 8. The minimum Gasteiger partial charge on any atom is -0.488 e. The summed E-state index contributed by atoms with van der Waals surface area (Å²) in [5.74, 6) is 0.244. The van der Waals surface area contributed by atoms with Crippen molar-refractivity contribution in [1.29, 1.82) is 0 Å². The quantitative estimate of drug-likeness (QED) is 0.692. The molecule has 2 unspecified atom stereocenters. The van der Waals surface area contributed by atoms with Crippen molar-refractivity contribution in [3.05, 3.63) is 59.7 Å². The van der Waals surface area contributed by atoms with Gasteiger partial charge in [0, 0.05) is 18.8 Å². The zero-order valence-corrected chi connectivity index (χ0v) is 16.3. The standard InChI is InChI=1S/C22H30O4/c1-6-22(5,24)26-20-13-9-18(10-14-20)21(3,4)17-7-11-19(12-8-17)25-16(2)15-23/h7-14,16,23-24H,6,15H2,1-5H3. The predicted molar refractivity (Wildman–Crippen MR) is 104 cm³/mol. The fourth-order valence-electron chi connectivity index (χ4n) is 2.65. The normalized spacial score (nSPS) is 15.2. The number of aliphatic hydroxyl groups excluding tert-OH is 1. The molecule has 0 saturated heterocycles. The van der Waals surface area contributed by atoms with Crippen LogP contribution in [0.2, 0.25) is 0 Å². The van der Waals surface area contributed by atoms with Crippen LogP contribution in [-0.4, -0.2) is 28.7 Å². The van der Waals surface area contributed by atoms with E-state index >= 15 is 0 Å². The third kappa shape index (κ3) is 4.99. The molecular weight excluding hydrogens is 328 g/mol. The van der Waals surface area contributed by atoms with Gasteiger partial charge < -0.3 is 19.7 Å². The van der Waals surface area contributed by atoms with E-state index < -0.39 is 5.79 Å². The fraction of sp³-hybridized carbons (Fsp3) is 0.455. The highest BCUT2D eigenvalue weighted by molar-refractivity contribution is 5.41. The van der Waals surface area contributed by atoms with Gasteiger partial charge in [-0.05, 0) is 42.3 Å². The first-order chi connectivity index (χ1) is 12.2. The van der Waals surface area contributed by atoms with Gasteiger partial charge in [-0.25, -0.2) is 0 Å². The highest BCUT2D eigenvalue weighted by Crippen LogP contribution is 2.34. The molecule has 142 valence electrons. The molecule has 0 spiro atoms. The molecule has 0 aliphatic carbocycles. The van der Waals surface area contributed by atoms with Gasteiger partial charge >= 0.3 is 0 Å². The van der Waals surface area contributed by atoms with E-state index in [-0.39, 0.29) is 18.1 Å². The van der Waals surface area contributed by atoms with Crippen LogP contribution in [0.1, 0.15) is 52.2 Å². The highest BCUT2D eigenvalue weighted by Gasteiger charge is 2.24. The second kappa shape index (κ2) is 8.11. The van der Waals surface area contributed by atoms with Gasteiger partial charge in [0.1, 0.15) is 17.6 Å². The number of hydrogen-bond acceptors (Lipinski definition) is 4. The lowest BCUT2D eigenvalue weighted by Gasteiger charge is -2.27. The molecule has 0 saturated carbocycles. The van der Waals surface area contributed by atoms with E-state index in [0.717, 1.165) is 16.9 Å². The summed E-state index contributed by atoms with van der Waals surface area (Å²) in [4.78, 5) is 0. The molecule has 4 nitrogen and oxygen atoms in total. The molecule has 0 aliphatic rings. The van der Waals surface area contributed by atoms with Crippen LogP contribution in [0.5, 0.6) is 11.5 Å². The summed E-state index contributed by atoms with van der Waals surface area (Å²) in [5, 5.41) is 19.1. The fourth-order valence-corrected chi connectivity index (χ4v) is 2.65. The van der Waals surface area contributed by atoms with Gasteiger partial charge in [0.25, 0.3) is 0 Å². The van der Waals surface area contributed by atoms with Crippen LogP contribution in [0.3, 0.4) is 0 Å². The molecule has 2 atom stereocenters. The summed E-state index contributed by atoms with van der Waals surface area (Å²) in [7, 11) is 0. The second-order valence-electron chi connectivity index (χ2n) is 7.42. The molecule has 2 aromatic carbocycles. The van der Waals surface area contributed by atoms with Gasteiger partial charge in [-0.3, -0.25) is 0 Å². The monoisotopic (exact) mass is 358 g/mol. The summed E-state index contributed by atoms with van der Waals surface area (Å²) in [6.07, 6.45) is 0.297. The Labute approximate surface area is 156 Å². The second-order valence-corrected chi connectivity index (χ2v) is 7.42. The van der Waals surface area contributed by atoms with Crippen molar-refractivity contribution in [3.63, 3.8) is 0 Å². The maximum atomic E-state index is 10.0. The van der Waals surface area contributed by atoms with Crippen molar-refractivity contribution in [3.8, 4) is 11.5 Å². The smallest absolute Gasteiger partial charge is 0.204 e. The molecule has 0 heterocycles. The Kier molecular flexibility index (Phi) is 6.32. The molecule has 0 radical (unpaired) electrons. The molecule has 0 aromatic heterocycles. The number of ether oxygens (including phenoxy) is 2. The molecule has 2 aromatic rings. The Balaban J connectivity index is 2.16. The van der Waals surface area contributed by atoms with Gasteiger partial charge in [-0.2, -0.15) is 0 Å². The number of aliphatic hydroxyl groups is 2. The number of benzene rings is 2. The van der Waals surface area contributed by atoms with Crippen LogP contribution in [-0.2, 0) is 5.41 Å². The topological polar surface area (TPSA) is 58.9 Å². The molecule has 0 aliphatic heterocycles. The Bertz CT molecular complexity index is 687. The minimum atomic E-state index is -1.15. The lowest BCUT2D eigenvalue weighted by atomic mass is 9.78. The van der Waals surface area contributed by atoms with E-state index in [2.05, 4.69) is 13.8 Å². The predicted octanol–water partition coefficient (Wildman–Crippen LogP) is 4.27. The summed E-state index contributed by atoms with van der Waals surface area (Å²) < 4.78 is 11.2. The summed E-state index contributed by atoms with van der Waals surface area (Å²) in [6, 6.07) is 15.8. The zero-order valence-electron chi connectivity index (χ0n) is 16.3. The lowest BCUT2D eigenvalue weighted by molar-refractivity contribution is -0.123. The van der Waals surface area contributed by atoms with Crippen molar-refractivity contribution in [2.24, 2.45) is 0 Å². The van der Waals surface area contributed by atoms with Crippen molar-refractivity contribution in [1.82, 2.24) is 0 Å². The Hall–Kier alpha value is -2.04. The van der Waals surface area contributed by atoms with Crippen molar-refractivity contribution < 1.29 is 19.7 Å². The molecule has 2 N–H and O–H groups in total. The van der Waals surface area contributed by atoms with Crippen molar-refractivity contribution in [2.45, 2.75) is 58.3 Å².